The second-order valence-electron chi connectivity index (χ2n) is 7.27. The van der Waals surface area contributed by atoms with Crippen molar-refractivity contribution >= 4 is 0 Å². The number of ether oxygens (including phenoxy) is 1. The number of aliphatic hydroxyl groups is 1. The van der Waals surface area contributed by atoms with E-state index < -0.39 is 6.10 Å². The molecule has 1 aliphatic rings. The number of nitrogens with zero attached hydrogens (tertiary/aromatic N) is 1. The van der Waals surface area contributed by atoms with Gasteiger partial charge in [0.15, 0.2) is 0 Å². The predicted molar refractivity (Wildman–Crippen MR) is 86.3 cm³/mol. The Morgan fingerprint density at radius 3 is 2.62 bits per heavy atom. The molecule has 1 fully saturated rings. The number of benzene rings is 1. The molecule has 2 atom stereocenters. The molecule has 0 saturated carbocycles. The fraction of sp³-hybridized carbons (Fsp3) is 0.667. The highest BCUT2D eigenvalue weighted by Gasteiger charge is 2.36. The van der Waals surface area contributed by atoms with Gasteiger partial charge in [-0.15, -0.1) is 0 Å². The maximum Gasteiger partial charge on any atom is 0.0853 e. The minimum Gasteiger partial charge on any atom is -0.388 e. The van der Waals surface area contributed by atoms with E-state index in [4.69, 9.17) is 4.74 Å². The minimum atomic E-state index is -0.450. The van der Waals surface area contributed by atoms with E-state index in [1.807, 2.05) is 30.3 Å². The first-order valence-corrected chi connectivity index (χ1v) is 7.87. The summed E-state index contributed by atoms with van der Waals surface area (Å²) in [5.41, 5.74) is 0.758. The smallest absolute Gasteiger partial charge is 0.0853 e. The van der Waals surface area contributed by atoms with Crippen LogP contribution in [0.15, 0.2) is 30.3 Å². The largest absolute Gasteiger partial charge is 0.388 e. The molecule has 118 valence electrons. The third-order valence-electron chi connectivity index (χ3n) is 4.72. The highest BCUT2D eigenvalue weighted by molar-refractivity contribution is 5.19. The molecule has 0 aromatic heterocycles. The molecule has 0 aliphatic carbocycles. The second kappa shape index (κ2) is 6.47. The van der Waals surface area contributed by atoms with Gasteiger partial charge < -0.3 is 9.84 Å². The van der Waals surface area contributed by atoms with Crippen LogP contribution in [0, 0.1) is 5.41 Å². The van der Waals surface area contributed by atoms with Gasteiger partial charge in [0, 0.05) is 25.6 Å². The number of hydrogen-bond donors (Lipinski definition) is 1. The van der Waals surface area contributed by atoms with Crippen molar-refractivity contribution in [3.05, 3.63) is 35.9 Å². The van der Waals surface area contributed by atoms with Gasteiger partial charge in [0.25, 0.3) is 0 Å². The summed E-state index contributed by atoms with van der Waals surface area (Å²) in [6, 6.07) is 9.96. The molecule has 0 amide bonds. The average molecular weight is 291 g/mol. The molecule has 1 saturated heterocycles. The van der Waals surface area contributed by atoms with Gasteiger partial charge in [0.05, 0.1) is 11.7 Å². The van der Waals surface area contributed by atoms with Crippen LogP contribution >= 0.6 is 0 Å². The Hall–Kier alpha value is -0.900. The van der Waals surface area contributed by atoms with Crippen molar-refractivity contribution in [2.45, 2.75) is 45.3 Å². The van der Waals surface area contributed by atoms with Gasteiger partial charge >= 0.3 is 0 Å². The van der Waals surface area contributed by atoms with Crippen LogP contribution in [0.5, 0.6) is 0 Å². The SMILES string of the molecule is COC1(C)CCCN(CC(C)(C)C(O)c2ccccc2)C1. The molecule has 3 nitrogen and oxygen atoms in total. The maximum atomic E-state index is 10.7. The zero-order valence-electron chi connectivity index (χ0n) is 13.8. The van der Waals surface area contributed by atoms with Crippen molar-refractivity contribution in [1.82, 2.24) is 4.90 Å². The molecule has 3 heteroatoms. The van der Waals surface area contributed by atoms with Crippen molar-refractivity contribution < 1.29 is 9.84 Å². The van der Waals surface area contributed by atoms with E-state index in [0.29, 0.717) is 0 Å². The molecule has 21 heavy (non-hydrogen) atoms. The average Bonchev–Trinajstić information content (AvgIpc) is 2.47. The van der Waals surface area contributed by atoms with E-state index in [2.05, 4.69) is 25.7 Å². The number of aliphatic hydroxyl groups excluding tert-OH is 1. The highest BCUT2D eigenvalue weighted by Crippen LogP contribution is 2.35. The monoisotopic (exact) mass is 291 g/mol. The summed E-state index contributed by atoms with van der Waals surface area (Å²) in [5, 5.41) is 10.7. The third-order valence-corrected chi connectivity index (χ3v) is 4.72. The van der Waals surface area contributed by atoms with Crippen LogP contribution in [0.2, 0.25) is 0 Å². The molecule has 0 spiro atoms. The molecule has 2 unspecified atom stereocenters. The molecule has 1 aromatic rings. The molecular weight excluding hydrogens is 262 g/mol. The molecule has 0 radical (unpaired) electrons. The van der Waals surface area contributed by atoms with E-state index in [1.165, 1.54) is 0 Å². The number of piperidine rings is 1. The van der Waals surface area contributed by atoms with Crippen LogP contribution in [0.3, 0.4) is 0 Å². The lowest BCUT2D eigenvalue weighted by atomic mass is 9.81. The number of likely N-dealkylation sites (tertiary alicyclic amines) is 1. The normalized spacial score (nSPS) is 25.8. The van der Waals surface area contributed by atoms with Gasteiger partial charge in [-0.2, -0.15) is 0 Å². The minimum absolute atomic E-state index is 0.0496. The van der Waals surface area contributed by atoms with Crippen molar-refractivity contribution in [3.8, 4) is 0 Å². The lowest BCUT2D eigenvalue weighted by molar-refractivity contribution is -0.0683. The molecular formula is C18H29NO2. The van der Waals surface area contributed by atoms with Gasteiger partial charge in [0.2, 0.25) is 0 Å². The quantitative estimate of drug-likeness (QED) is 0.904. The molecule has 1 aliphatic heterocycles. The van der Waals surface area contributed by atoms with E-state index in [0.717, 1.165) is 38.0 Å². The van der Waals surface area contributed by atoms with E-state index >= 15 is 0 Å². The Kier molecular flexibility index (Phi) is 5.07. The van der Waals surface area contributed by atoms with Gasteiger partial charge in [-0.25, -0.2) is 0 Å². The summed E-state index contributed by atoms with van der Waals surface area (Å²) < 4.78 is 5.66. The number of hydrogen-bond acceptors (Lipinski definition) is 3. The maximum absolute atomic E-state index is 10.7. The van der Waals surface area contributed by atoms with Gasteiger partial charge in [-0.1, -0.05) is 44.2 Å². The third kappa shape index (κ3) is 4.06. The van der Waals surface area contributed by atoms with Crippen molar-refractivity contribution in [2.24, 2.45) is 5.41 Å². The Balaban J connectivity index is 2.03. The van der Waals surface area contributed by atoms with Crippen molar-refractivity contribution in [1.29, 1.82) is 0 Å². The van der Waals surface area contributed by atoms with Crippen molar-refractivity contribution in [2.75, 3.05) is 26.7 Å². The molecule has 0 bridgehead atoms. The van der Waals surface area contributed by atoms with Crippen LogP contribution in [0.4, 0.5) is 0 Å². The summed E-state index contributed by atoms with van der Waals surface area (Å²) in [6.45, 7) is 9.37. The standard InChI is InChI=1S/C18H29NO2/c1-17(2,16(20)15-9-6-5-7-10-15)13-19-12-8-11-18(3,14-19)21-4/h5-7,9-10,16,20H,8,11-14H2,1-4H3. The summed E-state index contributed by atoms with van der Waals surface area (Å²) in [6.07, 6.45) is 1.82. The molecule has 2 rings (SSSR count). The summed E-state index contributed by atoms with van der Waals surface area (Å²) >= 11 is 0. The van der Waals surface area contributed by atoms with Crippen LogP contribution in [-0.4, -0.2) is 42.4 Å². The Morgan fingerprint density at radius 2 is 2.00 bits per heavy atom. The van der Waals surface area contributed by atoms with E-state index in [-0.39, 0.29) is 11.0 Å². The second-order valence-corrected chi connectivity index (χ2v) is 7.27. The summed E-state index contributed by atoms with van der Waals surface area (Å²) in [5.74, 6) is 0. The first-order valence-electron chi connectivity index (χ1n) is 7.87. The van der Waals surface area contributed by atoms with Gasteiger partial charge in [0.1, 0.15) is 0 Å². The zero-order chi connectivity index (χ0) is 15.5. The predicted octanol–water partition coefficient (Wildman–Crippen LogP) is 3.25. The number of methoxy groups -OCH3 is 1. The Labute approximate surface area is 128 Å². The molecule has 1 N–H and O–H groups in total. The van der Waals surface area contributed by atoms with Crippen LogP contribution in [-0.2, 0) is 4.74 Å². The first-order chi connectivity index (χ1) is 9.86. The molecule has 1 aromatic carbocycles. The fourth-order valence-electron chi connectivity index (χ4n) is 3.36. The summed E-state index contributed by atoms with van der Waals surface area (Å²) in [4.78, 5) is 2.43. The Morgan fingerprint density at radius 1 is 1.33 bits per heavy atom. The van der Waals surface area contributed by atoms with Crippen LogP contribution < -0.4 is 0 Å². The van der Waals surface area contributed by atoms with E-state index in [9.17, 15) is 5.11 Å². The highest BCUT2D eigenvalue weighted by atomic mass is 16.5. The fourth-order valence-corrected chi connectivity index (χ4v) is 3.36. The Bertz CT molecular complexity index is 446. The van der Waals surface area contributed by atoms with Gasteiger partial charge in [-0.05, 0) is 31.9 Å². The zero-order valence-corrected chi connectivity index (χ0v) is 13.8. The first kappa shape index (κ1) is 16.5. The van der Waals surface area contributed by atoms with Crippen LogP contribution in [0.25, 0.3) is 0 Å². The lowest BCUT2D eigenvalue weighted by Gasteiger charge is -2.43. The topological polar surface area (TPSA) is 32.7 Å². The van der Waals surface area contributed by atoms with Crippen LogP contribution in [0.1, 0.15) is 45.3 Å². The lowest BCUT2D eigenvalue weighted by Crippen LogP contribution is -2.50. The van der Waals surface area contributed by atoms with Gasteiger partial charge in [-0.3, -0.25) is 4.90 Å². The number of rotatable bonds is 5. The van der Waals surface area contributed by atoms with E-state index in [1.54, 1.807) is 7.11 Å². The summed E-state index contributed by atoms with van der Waals surface area (Å²) in [7, 11) is 1.80. The van der Waals surface area contributed by atoms with Crippen molar-refractivity contribution in [3.63, 3.8) is 0 Å². The molecule has 1 heterocycles.